The number of aryl methyl sites for hydroxylation is 1. The molecule has 1 aromatic carbocycles. The van der Waals surface area contributed by atoms with E-state index in [1.807, 2.05) is 66.1 Å². The van der Waals surface area contributed by atoms with Crippen LogP contribution in [0.5, 0.6) is 0 Å². The molecule has 130 valence electrons. The first-order valence-electron chi connectivity index (χ1n) is 8.20. The number of hydrogen-bond acceptors (Lipinski definition) is 5. The lowest BCUT2D eigenvalue weighted by atomic mass is 10.2. The summed E-state index contributed by atoms with van der Waals surface area (Å²) in [5.41, 5.74) is 2.80. The summed E-state index contributed by atoms with van der Waals surface area (Å²) in [6, 6.07) is 15.2. The van der Waals surface area contributed by atoms with E-state index in [1.54, 1.807) is 7.05 Å². The summed E-state index contributed by atoms with van der Waals surface area (Å²) in [6.45, 7) is 2.09. The first-order chi connectivity index (χ1) is 12.6. The molecule has 0 atom stereocenters. The lowest BCUT2D eigenvalue weighted by Crippen LogP contribution is -2.27. The van der Waals surface area contributed by atoms with Crippen LogP contribution in [-0.2, 0) is 6.54 Å². The summed E-state index contributed by atoms with van der Waals surface area (Å²) in [6.07, 6.45) is 1.89. The fourth-order valence-electron chi connectivity index (χ4n) is 2.79. The Labute approximate surface area is 149 Å². The number of aromatic nitrogens is 4. The van der Waals surface area contributed by atoms with Gasteiger partial charge in [-0.2, -0.15) is 0 Å². The van der Waals surface area contributed by atoms with Gasteiger partial charge in [0.15, 0.2) is 0 Å². The third-order valence-corrected chi connectivity index (χ3v) is 4.18. The number of carbonyl (C=O) groups is 1. The van der Waals surface area contributed by atoms with Crippen LogP contribution in [0.2, 0.25) is 0 Å². The quantitative estimate of drug-likeness (QED) is 0.567. The average Bonchev–Trinajstić information content (AvgIpc) is 3.27. The van der Waals surface area contributed by atoms with Crippen molar-refractivity contribution < 1.29 is 9.21 Å². The molecule has 3 aromatic heterocycles. The van der Waals surface area contributed by atoms with E-state index in [9.17, 15) is 4.79 Å². The van der Waals surface area contributed by atoms with Gasteiger partial charge in [0.25, 0.3) is 5.91 Å². The van der Waals surface area contributed by atoms with E-state index in [0.29, 0.717) is 17.5 Å². The molecule has 0 aliphatic carbocycles. The van der Waals surface area contributed by atoms with Gasteiger partial charge in [-0.15, -0.1) is 10.2 Å². The van der Waals surface area contributed by atoms with Crippen molar-refractivity contribution >= 4 is 11.6 Å². The van der Waals surface area contributed by atoms with Gasteiger partial charge >= 0.3 is 0 Å². The first kappa shape index (κ1) is 16.0. The zero-order chi connectivity index (χ0) is 18.1. The second kappa shape index (κ2) is 6.44. The van der Waals surface area contributed by atoms with Crippen LogP contribution in [0.4, 0.5) is 0 Å². The van der Waals surface area contributed by atoms with E-state index < -0.39 is 0 Å². The van der Waals surface area contributed by atoms with Crippen LogP contribution >= 0.6 is 0 Å². The van der Waals surface area contributed by atoms with Crippen LogP contribution in [0, 0.1) is 6.92 Å². The molecule has 1 amide bonds. The van der Waals surface area contributed by atoms with E-state index in [-0.39, 0.29) is 12.5 Å². The van der Waals surface area contributed by atoms with E-state index in [1.165, 1.54) is 4.90 Å². The summed E-state index contributed by atoms with van der Waals surface area (Å²) < 4.78 is 7.56. The Morgan fingerprint density at radius 1 is 1.12 bits per heavy atom. The van der Waals surface area contributed by atoms with E-state index in [4.69, 9.17) is 4.42 Å². The Kier molecular flexibility index (Phi) is 3.96. The monoisotopic (exact) mass is 347 g/mol. The molecule has 0 aliphatic heterocycles. The minimum Gasteiger partial charge on any atom is -0.419 e. The highest BCUT2D eigenvalue weighted by Crippen LogP contribution is 2.18. The van der Waals surface area contributed by atoms with Crippen LogP contribution < -0.4 is 0 Å². The lowest BCUT2D eigenvalue weighted by Gasteiger charge is -2.13. The van der Waals surface area contributed by atoms with Crippen molar-refractivity contribution in [3.63, 3.8) is 0 Å². The molecular weight excluding hydrogens is 330 g/mol. The minimum atomic E-state index is -0.189. The molecule has 0 saturated carbocycles. The number of fused-ring (bicyclic) bond motifs is 1. The molecule has 4 aromatic rings. The third-order valence-electron chi connectivity index (χ3n) is 4.18. The van der Waals surface area contributed by atoms with Crippen molar-refractivity contribution in [1.82, 2.24) is 24.5 Å². The van der Waals surface area contributed by atoms with Crippen LogP contribution in [-0.4, -0.2) is 37.4 Å². The number of hydrogen-bond donors (Lipinski definition) is 0. The van der Waals surface area contributed by atoms with Gasteiger partial charge in [0.1, 0.15) is 11.3 Å². The maximum atomic E-state index is 12.8. The fourth-order valence-corrected chi connectivity index (χ4v) is 2.79. The fraction of sp³-hybridized carbons (Fsp3) is 0.158. The Morgan fingerprint density at radius 2 is 1.88 bits per heavy atom. The molecule has 0 saturated heterocycles. The summed E-state index contributed by atoms with van der Waals surface area (Å²) >= 11 is 0. The molecule has 7 nitrogen and oxygen atoms in total. The molecule has 0 spiro atoms. The molecule has 0 N–H and O–H groups in total. The molecule has 0 aliphatic rings. The standard InChI is InChI=1S/C19H17N5O2/c1-13-17(20-15-10-6-7-11-24(13)15)19(25)23(2)12-16-21-22-18(26-16)14-8-4-3-5-9-14/h3-11H,12H2,1-2H3. The highest BCUT2D eigenvalue weighted by Gasteiger charge is 2.21. The summed E-state index contributed by atoms with van der Waals surface area (Å²) in [5, 5.41) is 8.09. The maximum Gasteiger partial charge on any atom is 0.274 e. The lowest BCUT2D eigenvalue weighted by molar-refractivity contribution is 0.0767. The summed E-state index contributed by atoms with van der Waals surface area (Å²) in [7, 11) is 1.69. The molecule has 4 rings (SSSR count). The smallest absolute Gasteiger partial charge is 0.274 e. The van der Waals surface area contributed by atoms with Crippen molar-refractivity contribution in [2.24, 2.45) is 0 Å². The Bertz CT molecular complexity index is 1070. The van der Waals surface area contributed by atoms with Crippen molar-refractivity contribution in [2.45, 2.75) is 13.5 Å². The van der Waals surface area contributed by atoms with Gasteiger partial charge in [0.05, 0.1) is 12.2 Å². The predicted octanol–water partition coefficient (Wildman–Crippen LogP) is 2.96. The van der Waals surface area contributed by atoms with Crippen LogP contribution in [0.15, 0.2) is 59.1 Å². The zero-order valence-electron chi connectivity index (χ0n) is 14.5. The molecule has 0 bridgehead atoms. The predicted molar refractivity (Wildman–Crippen MR) is 95.5 cm³/mol. The van der Waals surface area contributed by atoms with Crippen molar-refractivity contribution in [1.29, 1.82) is 0 Å². The second-order valence-corrected chi connectivity index (χ2v) is 6.00. The van der Waals surface area contributed by atoms with E-state index in [2.05, 4.69) is 15.2 Å². The molecule has 3 heterocycles. The number of benzene rings is 1. The van der Waals surface area contributed by atoms with Crippen LogP contribution in [0.25, 0.3) is 17.1 Å². The van der Waals surface area contributed by atoms with Gasteiger partial charge in [0, 0.05) is 18.8 Å². The van der Waals surface area contributed by atoms with Gasteiger partial charge in [-0.1, -0.05) is 24.3 Å². The van der Waals surface area contributed by atoms with Gasteiger partial charge in [-0.3, -0.25) is 4.79 Å². The highest BCUT2D eigenvalue weighted by atomic mass is 16.4. The normalized spacial score (nSPS) is 11.0. The minimum absolute atomic E-state index is 0.189. The Balaban J connectivity index is 1.54. The number of carbonyl (C=O) groups excluding carboxylic acids is 1. The summed E-state index contributed by atoms with van der Waals surface area (Å²) in [4.78, 5) is 18.7. The maximum absolute atomic E-state index is 12.8. The van der Waals surface area contributed by atoms with Crippen molar-refractivity contribution in [2.75, 3.05) is 7.05 Å². The Morgan fingerprint density at radius 3 is 2.65 bits per heavy atom. The van der Waals surface area contributed by atoms with Crippen LogP contribution in [0.3, 0.4) is 0 Å². The number of nitrogens with zero attached hydrogens (tertiary/aromatic N) is 5. The van der Waals surface area contributed by atoms with Crippen molar-refractivity contribution in [3.8, 4) is 11.5 Å². The first-order valence-corrected chi connectivity index (χ1v) is 8.20. The third kappa shape index (κ3) is 2.83. The average molecular weight is 347 g/mol. The number of rotatable bonds is 4. The largest absolute Gasteiger partial charge is 0.419 e. The Hall–Kier alpha value is -3.48. The number of imidazole rings is 1. The van der Waals surface area contributed by atoms with Crippen LogP contribution in [0.1, 0.15) is 22.1 Å². The SMILES string of the molecule is Cc1c(C(=O)N(C)Cc2nnc(-c3ccccc3)o2)nc2ccccn12. The second-order valence-electron chi connectivity index (χ2n) is 6.00. The molecule has 0 radical (unpaired) electrons. The van der Waals surface area contributed by atoms with Gasteiger partial charge < -0.3 is 13.7 Å². The molecule has 0 fully saturated rings. The molecule has 26 heavy (non-hydrogen) atoms. The van der Waals surface area contributed by atoms with Gasteiger partial charge in [-0.25, -0.2) is 4.98 Å². The van der Waals surface area contributed by atoms with Crippen molar-refractivity contribution in [3.05, 3.63) is 72.0 Å². The molecular formula is C19H17N5O2. The number of amides is 1. The van der Waals surface area contributed by atoms with Gasteiger partial charge in [-0.05, 0) is 31.2 Å². The molecule has 0 unspecified atom stereocenters. The summed E-state index contributed by atoms with van der Waals surface area (Å²) in [5.74, 6) is 0.622. The number of pyridine rings is 1. The highest BCUT2D eigenvalue weighted by molar-refractivity contribution is 5.94. The topological polar surface area (TPSA) is 76.5 Å². The zero-order valence-corrected chi connectivity index (χ0v) is 14.5. The van der Waals surface area contributed by atoms with E-state index >= 15 is 0 Å². The van der Waals surface area contributed by atoms with E-state index in [0.717, 1.165) is 16.9 Å². The van der Waals surface area contributed by atoms with Gasteiger partial charge in [0.2, 0.25) is 11.8 Å². The molecule has 7 heteroatoms.